The number of anilines is 2. The van der Waals surface area contributed by atoms with Crippen molar-refractivity contribution >= 4 is 57.3 Å². The van der Waals surface area contributed by atoms with Gasteiger partial charge in [-0.15, -0.1) is 0 Å². The van der Waals surface area contributed by atoms with Crippen molar-refractivity contribution < 1.29 is 9.13 Å². The molecule has 0 saturated carbocycles. The Morgan fingerprint density at radius 1 is 0.478 bits per heavy atom. The van der Waals surface area contributed by atoms with E-state index in [1.165, 1.54) is 70.8 Å². The van der Waals surface area contributed by atoms with Gasteiger partial charge in [0.25, 0.3) is 0 Å². The number of pyridine rings is 2. The lowest BCUT2D eigenvalue weighted by molar-refractivity contribution is -0.693. The van der Waals surface area contributed by atoms with Crippen LogP contribution in [0.2, 0.25) is 0 Å². The van der Waals surface area contributed by atoms with Crippen molar-refractivity contribution in [3.63, 3.8) is 0 Å². The van der Waals surface area contributed by atoms with Crippen LogP contribution in [0.15, 0.2) is 97.6 Å². The maximum atomic E-state index is 2.37. The van der Waals surface area contributed by atoms with E-state index in [9.17, 15) is 0 Å². The molecule has 0 fully saturated rings. The van der Waals surface area contributed by atoms with E-state index in [0.29, 0.717) is 0 Å². The molecule has 4 nitrogen and oxygen atoms in total. The fourth-order valence-electron chi connectivity index (χ4n) is 5.04. The largest absolute Gasteiger partial charge is 0.375 e. The standard InChI is InChI=1S/C40H52N4S2/c1-5-43-29-23-37(24-30-43)13-11-35-15-19-39(20-16-35)41(3)27-7-9-33-45-46-34-10-8-28-42(4)40-21-17-36(18-22-40)12-14-38-25-31-44(6-2)32-26-38/h11-26,29-32H,5-10,27-28,33-34H2,1-4H3/q+2. The number of aryl methyl sites for hydroxylation is 2. The first-order chi connectivity index (χ1) is 22.5. The summed E-state index contributed by atoms with van der Waals surface area (Å²) >= 11 is 0. The van der Waals surface area contributed by atoms with Crippen molar-refractivity contribution in [1.29, 1.82) is 0 Å². The van der Waals surface area contributed by atoms with E-state index < -0.39 is 0 Å². The summed E-state index contributed by atoms with van der Waals surface area (Å²) in [7, 11) is 8.48. The predicted octanol–water partition coefficient (Wildman–Crippen LogP) is 9.16. The van der Waals surface area contributed by atoms with E-state index in [1.54, 1.807) is 0 Å². The van der Waals surface area contributed by atoms with Crippen molar-refractivity contribution in [2.45, 2.75) is 52.6 Å². The number of unbranched alkanes of at least 4 members (excludes halogenated alkanes) is 2. The number of nitrogens with zero attached hydrogens (tertiary/aromatic N) is 4. The maximum Gasteiger partial charge on any atom is 0.169 e. The maximum absolute atomic E-state index is 2.37. The van der Waals surface area contributed by atoms with Crippen molar-refractivity contribution in [1.82, 2.24) is 0 Å². The van der Waals surface area contributed by atoms with Crippen molar-refractivity contribution in [2.75, 3.05) is 48.5 Å². The van der Waals surface area contributed by atoms with E-state index in [1.807, 2.05) is 21.6 Å². The minimum absolute atomic E-state index is 1.00. The molecule has 2 aromatic heterocycles. The Balaban J connectivity index is 1.02. The highest BCUT2D eigenvalue weighted by molar-refractivity contribution is 8.76. The molecule has 0 N–H and O–H groups in total. The van der Waals surface area contributed by atoms with Crippen molar-refractivity contribution in [3.05, 3.63) is 120 Å². The van der Waals surface area contributed by atoms with Crippen LogP contribution in [0.3, 0.4) is 0 Å². The van der Waals surface area contributed by atoms with Crippen molar-refractivity contribution in [3.8, 4) is 0 Å². The van der Waals surface area contributed by atoms with Gasteiger partial charge in [0.15, 0.2) is 24.8 Å². The lowest BCUT2D eigenvalue weighted by atomic mass is 10.1. The van der Waals surface area contributed by atoms with Gasteiger partial charge in [-0.1, -0.05) is 70.2 Å². The molecule has 0 saturated heterocycles. The zero-order chi connectivity index (χ0) is 32.4. The first kappa shape index (κ1) is 35.4. The van der Waals surface area contributed by atoms with Gasteiger partial charge >= 0.3 is 0 Å². The molecular weight excluding hydrogens is 601 g/mol. The van der Waals surface area contributed by atoms with Gasteiger partial charge in [-0.05, 0) is 86.1 Å². The van der Waals surface area contributed by atoms with Crippen LogP contribution in [-0.2, 0) is 13.1 Å². The molecule has 0 amide bonds. The molecule has 4 rings (SSSR count). The molecular formula is C40H52N4S2+2. The average molecular weight is 653 g/mol. The Morgan fingerprint density at radius 3 is 1.13 bits per heavy atom. The van der Waals surface area contributed by atoms with Gasteiger partial charge in [-0.2, -0.15) is 0 Å². The molecule has 0 aliphatic rings. The van der Waals surface area contributed by atoms with Crippen LogP contribution in [-0.4, -0.2) is 38.7 Å². The number of rotatable bonds is 19. The zero-order valence-electron chi connectivity index (χ0n) is 28.2. The summed E-state index contributed by atoms with van der Waals surface area (Å²) in [6.45, 7) is 8.50. The van der Waals surface area contributed by atoms with E-state index in [4.69, 9.17) is 0 Å². The summed E-state index contributed by atoms with van der Waals surface area (Å²) in [5.41, 5.74) is 7.49. The van der Waals surface area contributed by atoms with Crippen LogP contribution in [0, 0.1) is 0 Å². The number of benzene rings is 2. The second kappa shape index (κ2) is 19.9. The summed E-state index contributed by atoms with van der Waals surface area (Å²) in [4.78, 5) is 4.75. The van der Waals surface area contributed by atoms with Crippen LogP contribution in [0.5, 0.6) is 0 Å². The average Bonchev–Trinajstić information content (AvgIpc) is 3.11. The molecule has 0 aliphatic carbocycles. The third-order valence-corrected chi connectivity index (χ3v) is 10.8. The summed E-state index contributed by atoms with van der Waals surface area (Å²) in [6, 6.07) is 26.4. The third-order valence-electron chi connectivity index (χ3n) is 8.19. The Morgan fingerprint density at radius 2 is 0.804 bits per heavy atom. The molecule has 0 bridgehead atoms. The zero-order valence-corrected chi connectivity index (χ0v) is 29.9. The van der Waals surface area contributed by atoms with Crippen LogP contribution in [0.4, 0.5) is 11.4 Å². The first-order valence-electron chi connectivity index (χ1n) is 16.7. The molecule has 0 unspecified atom stereocenters. The molecule has 242 valence electrons. The highest BCUT2D eigenvalue weighted by Gasteiger charge is 2.03. The van der Waals surface area contributed by atoms with E-state index in [2.05, 4.69) is 169 Å². The highest BCUT2D eigenvalue weighted by Crippen LogP contribution is 2.25. The molecule has 0 atom stereocenters. The van der Waals surface area contributed by atoms with Crippen LogP contribution in [0.1, 0.15) is 61.8 Å². The fourth-order valence-corrected chi connectivity index (χ4v) is 7.34. The summed E-state index contributed by atoms with van der Waals surface area (Å²) in [5, 5.41) is 0. The predicted molar refractivity (Wildman–Crippen MR) is 205 cm³/mol. The molecule has 2 aromatic carbocycles. The monoisotopic (exact) mass is 652 g/mol. The number of hydrogen-bond donors (Lipinski definition) is 0. The molecule has 0 aliphatic heterocycles. The van der Waals surface area contributed by atoms with Gasteiger partial charge in [0, 0.05) is 74.3 Å². The van der Waals surface area contributed by atoms with Gasteiger partial charge in [0.1, 0.15) is 13.1 Å². The fraction of sp³-hybridized carbons (Fsp3) is 0.350. The Bertz CT molecular complexity index is 1350. The Hall–Kier alpha value is -3.48. The second-order valence-corrected chi connectivity index (χ2v) is 14.4. The van der Waals surface area contributed by atoms with Crippen LogP contribution in [0.25, 0.3) is 24.3 Å². The van der Waals surface area contributed by atoms with Crippen LogP contribution < -0.4 is 18.9 Å². The molecule has 0 spiro atoms. The molecule has 46 heavy (non-hydrogen) atoms. The van der Waals surface area contributed by atoms with E-state index >= 15 is 0 Å². The second-order valence-electron chi connectivity index (χ2n) is 11.7. The summed E-state index contributed by atoms with van der Waals surface area (Å²) < 4.78 is 4.35. The summed E-state index contributed by atoms with van der Waals surface area (Å²) in [5.74, 6) is 2.45. The number of aromatic nitrogens is 2. The topological polar surface area (TPSA) is 14.2 Å². The van der Waals surface area contributed by atoms with E-state index in [0.717, 1.165) is 26.2 Å². The smallest absolute Gasteiger partial charge is 0.169 e. The van der Waals surface area contributed by atoms with Gasteiger partial charge in [-0.3, -0.25) is 0 Å². The van der Waals surface area contributed by atoms with Crippen LogP contribution >= 0.6 is 21.6 Å². The van der Waals surface area contributed by atoms with E-state index in [-0.39, 0.29) is 0 Å². The lowest BCUT2D eigenvalue weighted by Crippen LogP contribution is -2.30. The normalized spacial score (nSPS) is 11.5. The van der Waals surface area contributed by atoms with Gasteiger partial charge in [0.05, 0.1) is 0 Å². The van der Waals surface area contributed by atoms with Gasteiger partial charge in [0.2, 0.25) is 0 Å². The van der Waals surface area contributed by atoms with Crippen molar-refractivity contribution in [2.24, 2.45) is 0 Å². The highest BCUT2D eigenvalue weighted by atomic mass is 33.1. The molecule has 4 aromatic rings. The SMILES string of the molecule is CC[n+]1ccc(/C=C/c2ccc(N(C)CCCCSSCCCCN(C)c3ccc(/C=C/c4cc[n+](CC)cc4)cc3)cc2)cc1. The van der Waals surface area contributed by atoms with Gasteiger partial charge < -0.3 is 9.80 Å². The lowest BCUT2D eigenvalue weighted by Gasteiger charge is -2.19. The molecule has 2 heterocycles. The Labute approximate surface area is 286 Å². The summed E-state index contributed by atoms with van der Waals surface area (Å²) in [6.07, 6.45) is 22.2. The quantitative estimate of drug-likeness (QED) is 0.0570. The minimum atomic E-state index is 1.00. The number of hydrogen-bond acceptors (Lipinski definition) is 4. The molecule has 6 heteroatoms. The third kappa shape index (κ3) is 12.4. The minimum Gasteiger partial charge on any atom is -0.375 e. The first-order valence-corrected chi connectivity index (χ1v) is 19.2. The van der Waals surface area contributed by atoms with Gasteiger partial charge in [-0.25, -0.2) is 9.13 Å². The molecule has 0 radical (unpaired) electrons. The Kier molecular flexibility index (Phi) is 15.3.